The summed E-state index contributed by atoms with van der Waals surface area (Å²) in [5.41, 5.74) is -1.53. The molecule has 5 nitrogen and oxygen atoms in total. The van der Waals surface area contributed by atoms with Crippen molar-refractivity contribution in [2.24, 2.45) is 0 Å². The molecule has 10 heteroatoms. The Labute approximate surface area is 121 Å². The summed E-state index contributed by atoms with van der Waals surface area (Å²) >= 11 is 5.33. The molecule has 0 bridgehead atoms. The third kappa shape index (κ3) is 4.85. The summed E-state index contributed by atoms with van der Waals surface area (Å²) in [6.45, 7) is -2.05. The number of alkyl halides is 4. The minimum Gasteiger partial charge on any atom is -0.328 e. The molecule has 0 saturated carbocycles. The van der Waals surface area contributed by atoms with E-state index < -0.39 is 47.2 Å². The van der Waals surface area contributed by atoms with Crippen molar-refractivity contribution in [2.75, 3.05) is 19.0 Å². The molecule has 0 unspecified atom stereocenters. The van der Waals surface area contributed by atoms with Crippen molar-refractivity contribution in [1.29, 1.82) is 0 Å². The van der Waals surface area contributed by atoms with E-state index in [9.17, 15) is 32.5 Å². The van der Waals surface area contributed by atoms with Crippen LogP contribution in [0.2, 0.25) is 0 Å². The van der Waals surface area contributed by atoms with Crippen LogP contribution in [-0.4, -0.2) is 40.9 Å². The van der Waals surface area contributed by atoms with E-state index in [0.717, 1.165) is 12.1 Å². The zero-order valence-electron chi connectivity index (χ0n) is 10.4. The van der Waals surface area contributed by atoms with Crippen LogP contribution in [0.15, 0.2) is 18.2 Å². The summed E-state index contributed by atoms with van der Waals surface area (Å²) in [7, 11) is 0. The second kappa shape index (κ2) is 6.70. The highest BCUT2D eigenvalue weighted by molar-refractivity contribution is 6.18. The summed E-state index contributed by atoms with van der Waals surface area (Å²) < 4.78 is 50.2. The zero-order valence-corrected chi connectivity index (χ0v) is 11.1. The number of nitrogens with zero attached hydrogens (tertiary/aromatic N) is 2. The van der Waals surface area contributed by atoms with E-state index in [1.807, 2.05) is 0 Å². The third-order valence-corrected chi connectivity index (χ3v) is 2.57. The van der Waals surface area contributed by atoms with E-state index in [-0.39, 0.29) is 5.88 Å². The van der Waals surface area contributed by atoms with Crippen molar-refractivity contribution < 1.29 is 27.3 Å². The number of carbonyl (C=O) groups excluding carboxylic acids is 1. The summed E-state index contributed by atoms with van der Waals surface area (Å²) in [6.07, 6.45) is -4.68. The second-order valence-electron chi connectivity index (χ2n) is 3.95. The molecular formula is C11H9ClF4N2O3. The molecule has 0 radical (unpaired) electrons. The molecule has 1 rings (SSSR count). The molecule has 0 aliphatic rings. The Bertz CT molecular complexity index is 551. The van der Waals surface area contributed by atoms with Crippen LogP contribution in [-0.2, 0) is 0 Å². The van der Waals surface area contributed by atoms with Crippen LogP contribution in [0.5, 0.6) is 0 Å². The first kappa shape index (κ1) is 17.2. The molecule has 21 heavy (non-hydrogen) atoms. The highest BCUT2D eigenvalue weighted by Gasteiger charge is 2.35. The largest absolute Gasteiger partial charge is 0.406 e. The first-order valence-corrected chi connectivity index (χ1v) is 6.05. The van der Waals surface area contributed by atoms with Crippen LogP contribution in [0.3, 0.4) is 0 Å². The van der Waals surface area contributed by atoms with Gasteiger partial charge in [-0.15, -0.1) is 11.6 Å². The van der Waals surface area contributed by atoms with Crippen molar-refractivity contribution >= 4 is 23.2 Å². The van der Waals surface area contributed by atoms with Crippen LogP contribution in [0.4, 0.5) is 23.2 Å². The van der Waals surface area contributed by atoms with E-state index in [4.69, 9.17) is 11.6 Å². The molecule has 116 valence electrons. The SMILES string of the molecule is O=C(c1ccc(F)cc1[N+](=O)[O-])N(CCCl)CC(F)(F)F. The minimum atomic E-state index is -4.68. The number of nitro benzene ring substituents is 1. The Hall–Kier alpha value is -1.90. The van der Waals surface area contributed by atoms with Crippen molar-refractivity contribution in [1.82, 2.24) is 4.90 Å². The van der Waals surface area contributed by atoms with Gasteiger partial charge >= 0.3 is 6.18 Å². The summed E-state index contributed by atoms with van der Waals surface area (Å²) in [5, 5.41) is 10.8. The van der Waals surface area contributed by atoms with Gasteiger partial charge in [-0.3, -0.25) is 14.9 Å². The Balaban J connectivity index is 3.17. The van der Waals surface area contributed by atoms with E-state index >= 15 is 0 Å². The Kier molecular flexibility index (Phi) is 5.47. The summed E-state index contributed by atoms with van der Waals surface area (Å²) in [6, 6.07) is 2.00. The summed E-state index contributed by atoms with van der Waals surface area (Å²) in [4.78, 5) is 22.0. The Morgan fingerprint density at radius 2 is 2.00 bits per heavy atom. The average molecular weight is 329 g/mol. The van der Waals surface area contributed by atoms with Gasteiger partial charge in [0, 0.05) is 12.4 Å². The van der Waals surface area contributed by atoms with Gasteiger partial charge in [0.2, 0.25) is 0 Å². The van der Waals surface area contributed by atoms with Crippen LogP contribution >= 0.6 is 11.6 Å². The van der Waals surface area contributed by atoms with Gasteiger partial charge in [0.1, 0.15) is 17.9 Å². The Morgan fingerprint density at radius 3 is 2.48 bits per heavy atom. The molecular weight excluding hydrogens is 320 g/mol. The molecule has 0 heterocycles. The number of carbonyl (C=O) groups is 1. The molecule has 0 aromatic heterocycles. The zero-order chi connectivity index (χ0) is 16.2. The standard InChI is InChI=1S/C11H9ClF4N2O3/c12-3-4-17(6-11(14,15)16)10(19)8-2-1-7(13)5-9(8)18(20)21/h1-2,5H,3-4,6H2. The molecule has 0 spiro atoms. The average Bonchev–Trinajstić information content (AvgIpc) is 2.35. The fraction of sp³-hybridized carbons (Fsp3) is 0.364. The van der Waals surface area contributed by atoms with E-state index in [1.54, 1.807) is 0 Å². The summed E-state index contributed by atoms with van der Waals surface area (Å²) in [5.74, 6) is -2.49. The minimum absolute atomic E-state index is 0.281. The van der Waals surface area contributed by atoms with Gasteiger partial charge < -0.3 is 4.90 Å². The lowest BCUT2D eigenvalue weighted by Crippen LogP contribution is -2.40. The van der Waals surface area contributed by atoms with E-state index in [0.29, 0.717) is 11.0 Å². The fourth-order valence-corrected chi connectivity index (χ4v) is 1.78. The molecule has 0 saturated heterocycles. The maximum Gasteiger partial charge on any atom is 0.406 e. The third-order valence-electron chi connectivity index (χ3n) is 2.40. The molecule has 0 aliphatic heterocycles. The van der Waals surface area contributed by atoms with Gasteiger partial charge in [0.25, 0.3) is 11.6 Å². The number of halogens is 5. The maximum absolute atomic E-state index is 13.0. The van der Waals surface area contributed by atoms with Crippen LogP contribution < -0.4 is 0 Å². The highest BCUT2D eigenvalue weighted by atomic mass is 35.5. The predicted octanol–water partition coefficient (Wildman–Crippen LogP) is 2.98. The molecule has 1 amide bonds. The number of hydrogen-bond acceptors (Lipinski definition) is 3. The van der Waals surface area contributed by atoms with Crippen molar-refractivity contribution in [3.05, 3.63) is 39.7 Å². The van der Waals surface area contributed by atoms with Gasteiger partial charge in [-0.2, -0.15) is 13.2 Å². The van der Waals surface area contributed by atoms with Crippen molar-refractivity contribution in [3.8, 4) is 0 Å². The lowest BCUT2D eigenvalue weighted by Gasteiger charge is -2.22. The highest BCUT2D eigenvalue weighted by Crippen LogP contribution is 2.24. The van der Waals surface area contributed by atoms with Gasteiger partial charge in [-0.1, -0.05) is 0 Å². The molecule has 1 aromatic carbocycles. The molecule has 0 N–H and O–H groups in total. The molecule has 1 aromatic rings. The van der Waals surface area contributed by atoms with Gasteiger partial charge in [-0.05, 0) is 12.1 Å². The predicted molar refractivity (Wildman–Crippen MR) is 65.7 cm³/mol. The van der Waals surface area contributed by atoms with E-state index in [1.165, 1.54) is 0 Å². The first-order chi connectivity index (χ1) is 9.65. The fourth-order valence-electron chi connectivity index (χ4n) is 1.58. The van der Waals surface area contributed by atoms with Gasteiger partial charge in [-0.25, -0.2) is 4.39 Å². The first-order valence-electron chi connectivity index (χ1n) is 5.51. The monoisotopic (exact) mass is 328 g/mol. The van der Waals surface area contributed by atoms with E-state index in [2.05, 4.69) is 0 Å². The van der Waals surface area contributed by atoms with Crippen LogP contribution in [0, 0.1) is 15.9 Å². The van der Waals surface area contributed by atoms with Crippen molar-refractivity contribution in [2.45, 2.75) is 6.18 Å². The smallest absolute Gasteiger partial charge is 0.328 e. The van der Waals surface area contributed by atoms with Crippen LogP contribution in [0.1, 0.15) is 10.4 Å². The number of benzene rings is 1. The molecule has 0 fully saturated rings. The second-order valence-corrected chi connectivity index (χ2v) is 4.33. The normalized spacial score (nSPS) is 11.3. The molecule has 0 aliphatic carbocycles. The maximum atomic E-state index is 13.0. The van der Waals surface area contributed by atoms with Gasteiger partial charge in [0.15, 0.2) is 0 Å². The topological polar surface area (TPSA) is 63.4 Å². The quantitative estimate of drug-likeness (QED) is 0.361. The van der Waals surface area contributed by atoms with Crippen molar-refractivity contribution in [3.63, 3.8) is 0 Å². The number of amides is 1. The lowest BCUT2D eigenvalue weighted by atomic mass is 10.1. The number of hydrogen-bond donors (Lipinski definition) is 0. The van der Waals surface area contributed by atoms with Crippen LogP contribution in [0.25, 0.3) is 0 Å². The van der Waals surface area contributed by atoms with Gasteiger partial charge in [0.05, 0.1) is 11.0 Å². The Morgan fingerprint density at radius 1 is 1.38 bits per heavy atom. The molecule has 0 atom stereocenters. The lowest BCUT2D eigenvalue weighted by molar-refractivity contribution is -0.385. The number of rotatable bonds is 5. The number of nitro groups is 1.